The molecule has 0 saturated carbocycles. The molecule has 0 aromatic rings. The standard InChI is InChI=1S/C16H32O2/c1-14(2)11-9-7-5-6-8-10-12-16(17)18-13-15(3)4/h14-15H,5-13H2,1-4H3. The zero-order valence-corrected chi connectivity index (χ0v) is 12.8. The SMILES string of the molecule is CC(C)CCCCCCCCC(=O)OCC(C)C. The van der Waals surface area contributed by atoms with Crippen molar-refractivity contribution in [3.63, 3.8) is 0 Å². The molecule has 0 heterocycles. The van der Waals surface area contributed by atoms with E-state index in [0.29, 0.717) is 18.9 Å². The van der Waals surface area contributed by atoms with Crippen LogP contribution in [0.2, 0.25) is 0 Å². The highest BCUT2D eigenvalue weighted by Crippen LogP contribution is 2.12. The fourth-order valence-corrected chi connectivity index (χ4v) is 1.86. The van der Waals surface area contributed by atoms with Crippen LogP contribution in [0.25, 0.3) is 0 Å². The first-order valence-electron chi connectivity index (χ1n) is 7.68. The molecular formula is C16H32O2. The van der Waals surface area contributed by atoms with Crippen molar-refractivity contribution in [2.45, 2.75) is 79.1 Å². The fourth-order valence-electron chi connectivity index (χ4n) is 1.86. The molecule has 0 aliphatic rings. The minimum absolute atomic E-state index is 0.0245. The lowest BCUT2D eigenvalue weighted by Gasteiger charge is -2.07. The molecule has 0 N–H and O–H groups in total. The van der Waals surface area contributed by atoms with E-state index in [4.69, 9.17) is 4.74 Å². The third kappa shape index (κ3) is 13.5. The predicted molar refractivity (Wildman–Crippen MR) is 77.6 cm³/mol. The number of hydrogen-bond donors (Lipinski definition) is 0. The number of hydrogen-bond acceptors (Lipinski definition) is 2. The summed E-state index contributed by atoms with van der Waals surface area (Å²) in [4.78, 5) is 11.3. The Morgan fingerprint density at radius 2 is 1.39 bits per heavy atom. The zero-order valence-electron chi connectivity index (χ0n) is 12.8. The van der Waals surface area contributed by atoms with Gasteiger partial charge in [-0.15, -0.1) is 0 Å². The summed E-state index contributed by atoms with van der Waals surface area (Å²) in [5.41, 5.74) is 0. The van der Waals surface area contributed by atoms with Crippen molar-refractivity contribution in [1.82, 2.24) is 0 Å². The zero-order chi connectivity index (χ0) is 13.8. The van der Waals surface area contributed by atoms with Gasteiger partial charge in [0.2, 0.25) is 0 Å². The van der Waals surface area contributed by atoms with E-state index in [9.17, 15) is 4.79 Å². The van der Waals surface area contributed by atoms with Gasteiger partial charge in [-0.2, -0.15) is 0 Å². The number of ether oxygens (including phenoxy) is 1. The van der Waals surface area contributed by atoms with Crippen LogP contribution in [0.3, 0.4) is 0 Å². The van der Waals surface area contributed by atoms with Gasteiger partial charge in [-0.25, -0.2) is 0 Å². The first kappa shape index (κ1) is 17.5. The van der Waals surface area contributed by atoms with E-state index in [2.05, 4.69) is 27.7 Å². The van der Waals surface area contributed by atoms with Gasteiger partial charge in [-0.1, -0.05) is 66.2 Å². The van der Waals surface area contributed by atoms with Crippen molar-refractivity contribution in [3.8, 4) is 0 Å². The molecule has 0 bridgehead atoms. The molecule has 0 atom stereocenters. The van der Waals surface area contributed by atoms with E-state index < -0.39 is 0 Å². The smallest absolute Gasteiger partial charge is 0.305 e. The summed E-state index contributed by atoms with van der Waals surface area (Å²) in [7, 11) is 0. The maximum Gasteiger partial charge on any atom is 0.305 e. The predicted octanol–water partition coefficient (Wildman–Crippen LogP) is 4.96. The van der Waals surface area contributed by atoms with Crippen molar-refractivity contribution < 1.29 is 9.53 Å². The molecule has 0 unspecified atom stereocenters. The maximum atomic E-state index is 11.3. The highest BCUT2D eigenvalue weighted by molar-refractivity contribution is 5.69. The highest BCUT2D eigenvalue weighted by atomic mass is 16.5. The van der Waals surface area contributed by atoms with Gasteiger partial charge in [0.15, 0.2) is 0 Å². The molecule has 0 aromatic heterocycles. The topological polar surface area (TPSA) is 26.3 Å². The number of carbonyl (C=O) groups is 1. The summed E-state index contributed by atoms with van der Waals surface area (Å²) in [6.45, 7) is 9.24. The second-order valence-corrected chi connectivity index (χ2v) is 6.13. The van der Waals surface area contributed by atoms with Gasteiger partial charge < -0.3 is 4.74 Å². The number of unbranched alkanes of at least 4 members (excludes halogenated alkanes) is 5. The quantitative estimate of drug-likeness (QED) is 0.385. The molecule has 0 spiro atoms. The van der Waals surface area contributed by atoms with E-state index in [0.717, 1.165) is 12.3 Å². The lowest BCUT2D eigenvalue weighted by atomic mass is 10.0. The van der Waals surface area contributed by atoms with E-state index in [1.54, 1.807) is 0 Å². The Morgan fingerprint density at radius 1 is 0.833 bits per heavy atom. The average molecular weight is 256 g/mol. The van der Waals surface area contributed by atoms with Crippen LogP contribution < -0.4 is 0 Å². The van der Waals surface area contributed by atoms with Crippen LogP contribution in [0.5, 0.6) is 0 Å². The third-order valence-corrected chi connectivity index (χ3v) is 2.99. The van der Waals surface area contributed by atoms with Crippen molar-refractivity contribution in [2.24, 2.45) is 11.8 Å². The first-order chi connectivity index (χ1) is 8.52. The number of rotatable bonds is 11. The van der Waals surface area contributed by atoms with Crippen molar-refractivity contribution in [2.75, 3.05) is 6.61 Å². The van der Waals surface area contributed by atoms with Crippen LogP contribution in [0.4, 0.5) is 0 Å². The van der Waals surface area contributed by atoms with Crippen LogP contribution in [0, 0.1) is 11.8 Å². The summed E-state index contributed by atoms with van der Waals surface area (Å²) in [5.74, 6) is 1.25. The Balaban J connectivity index is 3.17. The minimum atomic E-state index is -0.0245. The van der Waals surface area contributed by atoms with Gasteiger partial charge in [0.05, 0.1) is 6.61 Å². The van der Waals surface area contributed by atoms with Gasteiger partial charge in [0.25, 0.3) is 0 Å². The van der Waals surface area contributed by atoms with Gasteiger partial charge in [-0.05, 0) is 18.3 Å². The van der Waals surface area contributed by atoms with Crippen molar-refractivity contribution in [3.05, 3.63) is 0 Å². The lowest BCUT2D eigenvalue weighted by Crippen LogP contribution is -2.09. The van der Waals surface area contributed by atoms with E-state index in [1.165, 1.54) is 38.5 Å². The first-order valence-corrected chi connectivity index (χ1v) is 7.68. The monoisotopic (exact) mass is 256 g/mol. The largest absolute Gasteiger partial charge is 0.465 e. The lowest BCUT2D eigenvalue weighted by molar-refractivity contribution is -0.144. The number of esters is 1. The molecule has 108 valence electrons. The molecule has 0 aromatic carbocycles. The van der Waals surface area contributed by atoms with Crippen LogP contribution in [-0.2, 0) is 9.53 Å². The molecule has 0 aliphatic heterocycles. The Morgan fingerprint density at radius 3 is 1.94 bits per heavy atom. The van der Waals surface area contributed by atoms with Crippen LogP contribution in [0.1, 0.15) is 79.1 Å². The van der Waals surface area contributed by atoms with Crippen LogP contribution in [-0.4, -0.2) is 12.6 Å². The Bertz CT molecular complexity index is 197. The van der Waals surface area contributed by atoms with Gasteiger partial charge in [0, 0.05) is 6.42 Å². The van der Waals surface area contributed by atoms with Crippen LogP contribution in [0.15, 0.2) is 0 Å². The molecule has 0 rings (SSSR count). The molecule has 2 nitrogen and oxygen atoms in total. The molecule has 0 saturated heterocycles. The number of carbonyl (C=O) groups excluding carboxylic acids is 1. The average Bonchev–Trinajstić information content (AvgIpc) is 2.29. The molecule has 0 fully saturated rings. The molecule has 0 radical (unpaired) electrons. The summed E-state index contributed by atoms with van der Waals surface area (Å²) in [6.07, 6.45) is 9.37. The third-order valence-electron chi connectivity index (χ3n) is 2.99. The normalized spacial score (nSPS) is 11.2. The summed E-state index contributed by atoms with van der Waals surface area (Å²) >= 11 is 0. The van der Waals surface area contributed by atoms with E-state index >= 15 is 0 Å². The van der Waals surface area contributed by atoms with Gasteiger partial charge >= 0.3 is 5.97 Å². The van der Waals surface area contributed by atoms with E-state index in [1.807, 2.05) is 0 Å². The molecule has 0 amide bonds. The minimum Gasteiger partial charge on any atom is -0.465 e. The second kappa shape index (κ2) is 11.6. The van der Waals surface area contributed by atoms with Crippen LogP contribution >= 0.6 is 0 Å². The summed E-state index contributed by atoms with van der Waals surface area (Å²) < 4.78 is 5.14. The summed E-state index contributed by atoms with van der Waals surface area (Å²) in [6, 6.07) is 0. The highest BCUT2D eigenvalue weighted by Gasteiger charge is 2.03. The van der Waals surface area contributed by atoms with E-state index in [-0.39, 0.29) is 5.97 Å². The second-order valence-electron chi connectivity index (χ2n) is 6.13. The molecule has 0 aliphatic carbocycles. The fraction of sp³-hybridized carbons (Fsp3) is 0.938. The van der Waals surface area contributed by atoms with Crippen molar-refractivity contribution >= 4 is 5.97 Å². The maximum absolute atomic E-state index is 11.3. The van der Waals surface area contributed by atoms with Gasteiger partial charge in [0.1, 0.15) is 0 Å². The molecule has 2 heteroatoms. The Labute approximate surface area is 113 Å². The Kier molecular flexibility index (Phi) is 11.2. The van der Waals surface area contributed by atoms with Crippen molar-refractivity contribution in [1.29, 1.82) is 0 Å². The Hall–Kier alpha value is -0.530. The molecular weight excluding hydrogens is 224 g/mol. The summed E-state index contributed by atoms with van der Waals surface area (Å²) in [5, 5.41) is 0. The molecule has 18 heavy (non-hydrogen) atoms. The van der Waals surface area contributed by atoms with Gasteiger partial charge in [-0.3, -0.25) is 4.79 Å².